The molecule has 5 rings (SSSR count). The van der Waals surface area contributed by atoms with E-state index < -0.39 is 11.5 Å². The van der Waals surface area contributed by atoms with E-state index in [1.54, 1.807) is 25.3 Å². The molecular weight excluding hydrogens is 462 g/mol. The molecule has 0 aromatic heterocycles. The van der Waals surface area contributed by atoms with Crippen molar-refractivity contribution in [3.05, 3.63) is 87.9 Å². The first-order valence-corrected chi connectivity index (χ1v) is 12.1. The molecule has 0 aliphatic carbocycles. The van der Waals surface area contributed by atoms with Crippen molar-refractivity contribution in [2.45, 2.75) is 38.3 Å². The summed E-state index contributed by atoms with van der Waals surface area (Å²) < 4.78 is 5.42. The third kappa shape index (κ3) is 4.07. The normalized spacial score (nSPS) is 22.7. The maximum absolute atomic E-state index is 13.8. The Morgan fingerprint density at radius 2 is 1.91 bits per heavy atom. The van der Waals surface area contributed by atoms with Crippen LogP contribution < -0.4 is 20.7 Å². The van der Waals surface area contributed by atoms with Gasteiger partial charge in [-0.05, 0) is 56.0 Å². The molecule has 1 spiro atoms. The van der Waals surface area contributed by atoms with E-state index in [0.29, 0.717) is 29.3 Å². The zero-order valence-electron chi connectivity index (χ0n) is 19.9. The number of fused-ring (bicyclic) bond motifs is 2. The van der Waals surface area contributed by atoms with Crippen molar-refractivity contribution in [2.75, 3.05) is 17.7 Å². The first-order chi connectivity index (χ1) is 16.8. The van der Waals surface area contributed by atoms with Crippen LogP contribution in [0.3, 0.4) is 0 Å². The lowest BCUT2D eigenvalue weighted by Crippen LogP contribution is -2.52. The highest BCUT2D eigenvalue weighted by atomic mass is 35.5. The molecule has 3 N–H and O–H groups in total. The Morgan fingerprint density at radius 3 is 2.66 bits per heavy atom. The van der Waals surface area contributed by atoms with Gasteiger partial charge in [-0.15, -0.1) is 0 Å². The molecule has 2 aliphatic rings. The number of hydrogen-bond donors (Lipinski definition) is 3. The van der Waals surface area contributed by atoms with Crippen molar-refractivity contribution in [3.8, 4) is 5.75 Å². The fourth-order valence-electron chi connectivity index (χ4n) is 5.55. The van der Waals surface area contributed by atoms with Gasteiger partial charge in [0.05, 0.1) is 18.7 Å². The Labute approximate surface area is 210 Å². The average Bonchev–Trinajstić information content (AvgIpc) is 3.34. The van der Waals surface area contributed by atoms with Crippen molar-refractivity contribution < 1.29 is 14.3 Å². The smallest absolute Gasteiger partial charge is 0.250 e. The number of rotatable bonds is 5. The molecule has 35 heavy (non-hydrogen) atoms. The second-order valence-corrected chi connectivity index (χ2v) is 9.86. The van der Waals surface area contributed by atoms with Crippen LogP contribution >= 0.6 is 11.6 Å². The summed E-state index contributed by atoms with van der Waals surface area (Å²) >= 11 is 6.19. The Kier molecular flexibility index (Phi) is 6.03. The second kappa shape index (κ2) is 9.02. The third-order valence-corrected chi connectivity index (χ3v) is 7.27. The van der Waals surface area contributed by atoms with Crippen LogP contribution in [0.5, 0.6) is 5.75 Å². The average molecular weight is 490 g/mol. The number of carbonyl (C=O) groups is 2. The van der Waals surface area contributed by atoms with Crippen molar-refractivity contribution in [1.29, 1.82) is 0 Å². The first-order valence-electron chi connectivity index (χ1n) is 11.7. The van der Waals surface area contributed by atoms with Crippen LogP contribution in [0.4, 0.5) is 11.4 Å². The Hall–Kier alpha value is -3.35. The number of halogens is 1. The number of nitrogens with one attached hydrogen (secondary N) is 3. The van der Waals surface area contributed by atoms with Gasteiger partial charge in [-0.25, -0.2) is 0 Å². The minimum absolute atomic E-state index is 0.0630. The van der Waals surface area contributed by atoms with Gasteiger partial charge in [0.2, 0.25) is 11.8 Å². The SMILES string of the molecule is COc1ccc(Cl)cc1NC(=O)[C@H]1C[C@H](Cc2ccccc2)N[C@@]12C(=O)Nc1c(C)cc(C)cc12. The fourth-order valence-corrected chi connectivity index (χ4v) is 5.72. The zero-order valence-corrected chi connectivity index (χ0v) is 20.7. The standard InChI is InChI=1S/C28H28ClN3O3/c1-16-11-17(2)25-21(12-16)28(27(34)31-25)22(15-20(32-28)13-18-7-5-4-6-8-18)26(33)30-23-14-19(29)9-10-24(23)35-3/h4-12,14,20,22,32H,13,15H2,1-3H3,(H,30,33)(H,31,34)/t20-,22+,28+/m0/s1. The van der Waals surface area contributed by atoms with Crippen LogP contribution in [0, 0.1) is 19.8 Å². The van der Waals surface area contributed by atoms with E-state index in [-0.39, 0.29) is 17.9 Å². The Balaban J connectivity index is 1.56. The molecule has 6 nitrogen and oxygen atoms in total. The molecule has 3 atom stereocenters. The molecule has 0 radical (unpaired) electrons. The fraction of sp³-hybridized carbons (Fsp3) is 0.286. The molecule has 1 fully saturated rings. The largest absolute Gasteiger partial charge is 0.495 e. The summed E-state index contributed by atoms with van der Waals surface area (Å²) in [5, 5.41) is 10.1. The number of benzene rings is 3. The van der Waals surface area contributed by atoms with Crippen LogP contribution in [-0.4, -0.2) is 25.0 Å². The lowest BCUT2D eigenvalue weighted by Gasteiger charge is -2.30. The molecule has 3 aromatic rings. The van der Waals surface area contributed by atoms with Crippen LogP contribution in [0.25, 0.3) is 0 Å². The van der Waals surface area contributed by atoms with Crippen molar-refractivity contribution in [1.82, 2.24) is 5.32 Å². The number of ether oxygens (including phenoxy) is 1. The quantitative estimate of drug-likeness (QED) is 0.472. The van der Waals surface area contributed by atoms with E-state index in [4.69, 9.17) is 16.3 Å². The highest BCUT2D eigenvalue weighted by molar-refractivity contribution is 6.31. The van der Waals surface area contributed by atoms with Crippen molar-refractivity contribution in [3.63, 3.8) is 0 Å². The molecule has 2 amide bonds. The maximum Gasteiger partial charge on any atom is 0.250 e. The molecule has 0 saturated carbocycles. The maximum atomic E-state index is 13.8. The van der Waals surface area contributed by atoms with E-state index in [1.807, 2.05) is 44.2 Å². The predicted molar refractivity (Wildman–Crippen MR) is 138 cm³/mol. The number of carbonyl (C=O) groups excluding carboxylic acids is 2. The summed E-state index contributed by atoms with van der Waals surface area (Å²) in [7, 11) is 1.54. The molecule has 0 unspecified atom stereocenters. The summed E-state index contributed by atoms with van der Waals surface area (Å²) in [6.45, 7) is 3.99. The topological polar surface area (TPSA) is 79.5 Å². The third-order valence-electron chi connectivity index (χ3n) is 7.04. The zero-order chi connectivity index (χ0) is 24.7. The summed E-state index contributed by atoms with van der Waals surface area (Å²) in [6, 6.07) is 19.2. The van der Waals surface area contributed by atoms with Gasteiger partial charge in [0.25, 0.3) is 0 Å². The minimum atomic E-state index is -1.17. The van der Waals surface area contributed by atoms with Gasteiger partial charge in [0.15, 0.2) is 0 Å². The molecule has 7 heteroatoms. The second-order valence-electron chi connectivity index (χ2n) is 9.42. The molecule has 3 aromatic carbocycles. The van der Waals surface area contributed by atoms with E-state index >= 15 is 0 Å². The minimum Gasteiger partial charge on any atom is -0.495 e. The number of hydrogen-bond acceptors (Lipinski definition) is 4. The van der Waals surface area contributed by atoms with Gasteiger partial charge >= 0.3 is 0 Å². The monoisotopic (exact) mass is 489 g/mol. The van der Waals surface area contributed by atoms with E-state index in [1.165, 1.54) is 0 Å². The van der Waals surface area contributed by atoms with Gasteiger partial charge < -0.3 is 15.4 Å². The number of anilines is 2. The van der Waals surface area contributed by atoms with Crippen LogP contribution in [0.15, 0.2) is 60.7 Å². The van der Waals surface area contributed by atoms with Gasteiger partial charge in [0, 0.05) is 22.3 Å². The molecule has 0 bridgehead atoms. The van der Waals surface area contributed by atoms with Crippen LogP contribution in [0.1, 0.15) is 28.7 Å². The summed E-state index contributed by atoms with van der Waals surface area (Å²) in [6.07, 6.45) is 1.21. The van der Waals surface area contributed by atoms with Crippen LogP contribution in [0.2, 0.25) is 5.02 Å². The number of amides is 2. The highest BCUT2D eigenvalue weighted by Gasteiger charge is 2.60. The lowest BCUT2D eigenvalue weighted by molar-refractivity contribution is -0.130. The summed E-state index contributed by atoms with van der Waals surface area (Å²) in [5.41, 5.74) is 4.10. The van der Waals surface area contributed by atoms with Crippen LogP contribution in [-0.2, 0) is 21.5 Å². The molecule has 1 saturated heterocycles. The van der Waals surface area contributed by atoms with Crippen molar-refractivity contribution >= 4 is 34.8 Å². The van der Waals surface area contributed by atoms with Gasteiger partial charge in [-0.1, -0.05) is 59.6 Å². The Morgan fingerprint density at radius 1 is 1.14 bits per heavy atom. The van der Waals surface area contributed by atoms with E-state index in [2.05, 4.69) is 28.1 Å². The van der Waals surface area contributed by atoms with Gasteiger partial charge in [-0.3, -0.25) is 14.9 Å². The Bertz CT molecular complexity index is 1310. The molecule has 2 aliphatic heterocycles. The highest BCUT2D eigenvalue weighted by Crippen LogP contribution is 2.49. The summed E-state index contributed by atoms with van der Waals surface area (Å²) in [4.78, 5) is 27.5. The van der Waals surface area contributed by atoms with E-state index in [0.717, 1.165) is 27.9 Å². The predicted octanol–water partition coefficient (Wildman–Crippen LogP) is 4.97. The molecule has 180 valence electrons. The number of methoxy groups -OCH3 is 1. The first kappa shape index (κ1) is 23.4. The van der Waals surface area contributed by atoms with E-state index in [9.17, 15) is 9.59 Å². The summed E-state index contributed by atoms with van der Waals surface area (Å²) in [5.74, 6) is -0.584. The molecular formula is C28H28ClN3O3. The van der Waals surface area contributed by atoms with Gasteiger partial charge in [-0.2, -0.15) is 0 Å². The number of aryl methyl sites for hydroxylation is 2. The lowest BCUT2D eigenvalue weighted by atomic mass is 9.78. The molecule has 2 heterocycles. The van der Waals surface area contributed by atoms with Gasteiger partial charge in [0.1, 0.15) is 11.3 Å². The van der Waals surface area contributed by atoms with Crippen molar-refractivity contribution in [2.24, 2.45) is 5.92 Å².